The summed E-state index contributed by atoms with van der Waals surface area (Å²) >= 11 is 3.27. The largest absolute Gasteiger partial charge is 0.481 e. The standard InChI is InChI=1S/C15H20BrNO4S/c1-11-7-12(15(18)19)10-17(9-11)5-6-22(20,21)14-4-2-3-13(16)8-14/h2-4,8,11-12H,5-7,9-10H2,1H3,(H,18,19). The Hall–Kier alpha value is -0.920. The van der Waals surface area contributed by atoms with Crippen molar-refractivity contribution in [3.8, 4) is 0 Å². The number of likely N-dealkylation sites (tertiary alicyclic amines) is 1. The summed E-state index contributed by atoms with van der Waals surface area (Å²) in [5, 5.41) is 9.16. The predicted octanol–water partition coefficient (Wildman–Crippen LogP) is 2.27. The van der Waals surface area contributed by atoms with E-state index >= 15 is 0 Å². The zero-order valence-corrected chi connectivity index (χ0v) is 14.8. The highest BCUT2D eigenvalue weighted by Gasteiger charge is 2.30. The van der Waals surface area contributed by atoms with Gasteiger partial charge in [0.25, 0.3) is 0 Å². The monoisotopic (exact) mass is 389 g/mol. The Kier molecular flexibility index (Phi) is 5.63. The molecule has 5 nitrogen and oxygen atoms in total. The summed E-state index contributed by atoms with van der Waals surface area (Å²) < 4.78 is 25.4. The van der Waals surface area contributed by atoms with Crippen LogP contribution in [-0.2, 0) is 14.6 Å². The van der Waals surface area contributed by atoms with Crippen LogP contribution in [0.2, 0.25) is 0 Å². The molecule has 0 aromatic heterocycles. The molecule has 0 aliphatic carbocycles. The van der Waals surface area contributed by atoms with E-state index in [2.05, 4.69) is 15.9 Å². The van der Waals surface area contributed by atoms with Gasteiger partial charge in [-0.05, 0) is 30.5 Å². The van der Waals surface area contributed by atoms with E-state index in [1.165, 1.54) is 0 Å². The Morgan fingerprint density at radius 2 is 2.14 bits per heavy atom. The topological polar surface area (TPSA) is 74.7 Å². The fourth-order valence-electron chi connectivity index (χ4n) is 2.85. The van der Waals surface area contributed by atoms with Gasteiger partial charge in [-0.25, -0.2) is 8.42 Å². The van der Waals surface area contributed by atoms with Crippen molar-refractivity contribution < 1.29 is 18.3 Å². The third-order valence-electron chi connectivity index (χ3n) is 3.92. The van der Waals surface area contributed by atoms with Crippen LogP contribution in [0, 0.1) is 11.8 Å². The van der Waals surface area contributed by atoms with Crippen LogP contribution in [0.1, 0.15) is 13.3 Å². The Labute approximate surface area is 139 Å². The van der Waals surface area contributed by atoms with Crippen LogP contribution in [0.5, 0.6) is 0 Å². The van der Waals surface area contributed by atoms with E-state index in [0.29, 0.717) is 24.4 Å². The highest BCUT2D eigenvalue weighted by atomic mass is 79.9. The molecular weight excluding hydrogens is 370 g/mol. The molecule has 2 rings (SSSR count). The fraction of sp³-hybridized carbons (Fsp3) is 0.533. The average Bonchev–Trinajstić information content (AvgIpc) is 2.45. The molecule has 22 heavy (non-hydrogen) atoms. The van der Waals surface area contributed by atoms with Gasteiger partial charge in [0.15, 0.2) is 9.84 Å². The number of carboxylic acids is 1. The minimum Gasteiger partial charge on any atom is -0.481 e. The molecular formula is C15H20BrNO4S. The van der Waals surface area contributed by atoms with Crippen molar-refractivity contribution in [2.75, 3.05) is 25.4 Å². The van der Waals surface area contributed by atoms with Crippen molar-refractivity contribution >= 4 is 31.7 Å². The summed E-state index contributed by atoms with van der Waals surface area (Å²) in [5.41, 5.74) is 0. The smallest absolute Gasteiger partial charge is 0.307 e. The molecule has 0 saturated carbocycles. The zero-order valence-electron chi connectivity index (χ0n) is 12.4. The minimum absolute atomic E-state index is 0.00249. The molecule has 0 radical (unpaired) electrons. The first kappa shape index (κ1) is 17.4. The number of carbonyl (C=O) groups is 1. The summed E-state index contributed by atoms with van der Waals surface area (Å²) in [7, 11) is -3.36. The van der Waals surface area contributed by atoms with E-state index in [-0.39, 0.29) is 11.7 Å². The van der Waals surface area contributed by atoms with Crippen molar-refractivity contribution in [2.24, 2.45) is 11.8 Å². The molecule has 0 bridgehead atoms. The molecule has 1 aliphatic heterocycles. The second-order valence-corrected chi connectivity index (χ2v) is 8.94. The molecule has 1 aromatic rings. The normalized spacial score (nSPS) is 23.4. The molecule has 1 saturated heterocycles. The van der Waals surface area contributed by atoms with Gasteiger partial charge in [0.1, 0.15) is 0 Å². The van der Waals surface area contributed by atoms with Gasteiger partial charge in [0.05, 0.1) is 16.6 Å². The molecule has 122 valence electrons. The second-order valence-electron chi connectivity index (χ2n) is 5.91. The lowest BCUT2D eigenvalue weighted by molar-refractivity contribution is -0.144. The van der Waals surface area contributed by atoms with Gasteiger partial charge >= 0.3 is 5.97 Å². The summed E-state index contributed by atoms with van der Waals surface area (Å²) in [4.78, 5) is 13.4. The van der Waals surface area contributed by atoms with Crippen LogP contribution >= 0.6 is 15.9 Å². The summed E-state index contributed by atoms with van der Waals surface area (Å²) in [6.07, 6.45) is 0.657. The number of hydrogen-bond acceptors (Lipinski definition) is 4. The Morgan fingerprint density at radius 3 is 2.77 bits per heavy atom. The van der Waals surface area contributed by atoms with E-state index in [9.17, 15) is 13.2 Å². The predicted molar refractivity (Wildman–Crippen MR) is 87.5 cm³/mol. The Morgan fingerprint density at radius 1 is 1.41 bits per heavy atom. The number of carboxylic acid groups (broad SMARTS) is 1. The van der Waals surface area contributed by atoms with Gasteiger partial charge in [-0.15, -0.1) is 0 Å². The first-order valence-corrected chi connectivity index (χ1v) is 9.66. The van der Waals surface area contributed by atoms with Gasteiger partial charge in [-0.2, -0.15) is 0 Å². The average molecular weight is 390 g/mol. The molecule has 2 unspecified atom stereocenters. The molecule has 0 amide bonds. The number of hydrogen-bond donors (Lipinski definition) is 1. The maximum atomic E-state index is 12.4. The van der Waals surface area contributed by atoms with Crippen molar-refractivity contribution in [1.29, 1.82) is 0 Å². The molecule has 1 heterocycles. The van der Waals surface area contributed by atoms with Gasteiger partial charge < -0.3 is 10.0 Å². The van der Waals surface area contributed by atoms with Crippen molar-refractivity contribution in [3.63, 3.8) is 0 Å². The summed E-state index contributed by atoms with van der Waals surface area (Å²) in [6.45, 7) is 3.54. The molecule has 0 spiro atoms. The van der Waals surface area contributed by atoms with Crippen LogP contribution in [0.15, 0.2) is 33.6 Å². The molecule has 1 fully saturated rings. The summed E-state index contributed by atoms with van der Waals surface area (Å²) in [6, 6.07) is 6.65. The van der Waals surface area contributed by atoms with E-state index in [4.69, 9.17) is 5.11 Å². The lowest BCUT2D eigenvalue weighted by Gasteiger charge is -2.34. The number of piperidine rings is 1. The Balaban J connectivity index is 2.01. The number of benzene rings is 1. The van der Waals surface area contributed by atoms with Crippen LogP contribution in [0.4, 0.5) is 0 Å². The second kappa shape index (κ2) is 7.10. The number of nitrogens with zero attached hydrogens (tertiary/aromatic N) is 1. The lowest BCUT2D eigenvalue weighted by atomic mass is 9.90. The maximum absolute atomic E-state index is 12.4. The molecule has 1 aliphatic rings. The first-order chi connectivity index (χ1) is 10.3. The third kappa shape index (κ3) is 4.54. The highest BCUT2D eigenvalue weighted by Crippen LogP contribution is 2.22. The van der Waals surface area contributed by atoms with Crippen molar-refractivity contribution in [2.45, 2.75) is 18.2 Å². The van der Waals surface area contributed by atoms with Gasteiger partial charge in [0.2, 0.25) is 0 Å². The highest BCUT2D eigenvalue weighted by molar-refractivity contribution is 9.10. The van der Waals surface area contributed by atoms with E-state index < -0.39 is 21.7 Å². The maximum Gasteiger partial charge on any atom is 0.307 e. The number of rotatable bonds is 5. The zero-order chi connectivity index (χ0) is 16.3. The number of aliphatic carboxylic acids is 1. The molecule has 2 atom stereocenters. The lowest BCUT2D eigenvalue weighted by Crippen LogP contribution is -2.44. The molecule has 7 heteroatoms. The van der Waals surface area contributed by atoms with Crippen molar-refractivity contribution in [3.05, 3.63) is 28.7 Å². The fourth-order valence-corrected chi connectivity index (χ4v) is 4.73. The first-order valence-electron chi connectivity index (χ1n) is 7.21. The van der Waals surface area contributed by atoms with Gasteiger partial charge in [-0.3, -0.25) is 4.79 Å². The summed E-state index contributed by atoms with van der Waals surface area (Å²) in [5.74, 6) is -0.935. The number of halogens is 1. The Bertz CT molecular complexity index is 647. The van der Waals surface area contributed by atoms with Gasteiger partial charge in [0, 0.05) is 24.1 Å². The molecule has 1 N–H and O–H groups in total. The van der Waals surface area contributed by atoms with E-state index in [1.807, 2.05) is 11.8 Å². The van der Waals surface area contributed by atoms with Crippen LogP contribution in [-0.4, -0.2) is 49.8 Å². The van der Waals surface area contributed by atoms with Crippen molar-refractivity contribution in [1.82, 2.24) is 4.90 Å². The van der Waals surface area contributed by atoms with E-state index in [0.717, 1.165) is 11.0 Å². The minimum atomic E-state index is -3.36. The quantitative estimate of drug-likeness (QED) is 0.835. The SMILES string of the molecule is CC1CC(C(=O)O)CN(CCS(=O)(=O)c2cccc(Br)c2)C1. The van der Waals surface area contributed by atoms with E-state index in [1.54, 1.807) is 24.3 Å². The molecule has 1 aromatic carbocycles. The van der Waals surface area contributed by atoms with Crippen LogP contribution in [0.25, 0.3) is 0 Å². The van der Waals surface area contributed by atoms with Gasteiger partial charge in [-0.1, -0.05) is 28.9 Å². The van der Waals surface area contributed by atoms with Crippen LogP contribution < -0.4 is 0 Å². The van der Waals surface area contributed by atoms with Crippen LogP contribution in [0.3, 0.4) is 0 Å². The number of sulfone groups is 1. The third-order valence-corrected chi connectivity index (χ3v) is 6.10.